The van der Waals surface area contributed by atoms with E-state index >= 15 is 0 Å². The minimum Gasteiger partial charge on any atom is -0.497 e. The van der Waals surface area contributed by atoms with E-state index in [0.29, 0.717) is 23.5 Å². The molecule has 1 aliphatic rings. The zero-order chi connectivity index (χ0) is 24.9. The van der Waals surface area contributed by atoms with Crippen LogP contribution in [-0.4, -0.2) is 77.3 Å². The molecule has 2 aromatic carbocycles. The van der Waals surface area contributed by atoms with E-state index in [4.69, 9.17) is 9.47 Å². The van der Waals surface area contributed by atoms with Gasteiger partial charge in [0.1, 0.15) is 17.3 Å². The molecule has 0 bridgehead atoms. The Balaban J connectivity index is 1.95. The number of methoxy groups -OCH3 is 2. The standard InChI is InChI=1S/C23H30N4O6S/c1-26(2)21(28)15-34(30,31)25-23(18-7-11-20(33-4)12-8-18)16-24-22(29)27(23)14-13-17-5-9-19(32-3)10-6-17/h5-12,25H,13-16H2,1-4H3,(H,24,29). The third kappa shape index (κ3) is 5.60. The highest BCUT2D eigenvalue weighted by atomic mass is 32.2. The predicted molar refractivity (Wildman–Crippen MR) is 127 cm³/mol. The lowest BCUT2D eigenvalue weighted by Gasteiger charge is -2.38. The van der Waals surface area contributed by atoms with Gasteiger partial charge in [0.25, 0.3) is 0 Å². The van der Waals surface area contributed by atoms with Crippen molar-refractivity contribution in [2.75, 3.05) is 47.2 Å². The van der Waals surface area contributed by atoms with Crippen molar-refractivity contribution in [3.63, 3.8) is 0 Å². The molecule has 2 N–H and O–H groups in total. The van der Waals surface area contributed by atoms with Crippen molar-refractivity contribution in [2.24, 2.45) is 0 Å². The zero-order valence-corrected chi connectivity index (χ0v) is 20.5. The maximum Gasteiger partial charge on any atom is 0.319 e. The van der Waals surface area contributed by atoms with Gasteiger partial charge in [-0.25, -0.2) is 13.2 Å². The smallest absolute Gasteiger partial charge is 0.319 e. The largest absolute Gasteiger partial charge is 0.497 e. The first-order chi connectivity index (χ1) is 16.1. The van der Waals surface area contributed by atoms with Crippen LogP contribution < -0.4 is 19.5 Å². The number of ether oxygens (including phenoxy) is 2. The highest BCUT2D eigenvalue weighted by molar-refractivity contribution is 7.90. The maximum absolute atomic E-state index is 13.0. The summed E-state index contributed by atoms with van der Waals surface area (Å²) in [7, 11) is 1.98. The zero-order valence-electron chi connectivity index (χ0n) is 19.7. The Bertz CT molecular complexity index is 1120. The second-order valence-electron chi connectivity index (χ2n) is 8.15. The van der Waals surface area contributed by atoms with Gasteiger partial charge in [-0.1, -0.05) is 24.3 Å². The molecule has 3 rings (SSSR count). The van der Waals surface area contributed by atoms with Gasteiger partial charge in [0.2, 0.25) is 15.9 Å². The predicted octanol–water partition coefficient (Wildman–Crippen LogP) is 1.13. The molecule has 184 valence electrons. The molecule has 1 atom stereocenters. The minimum atomic E-state index is -4.10. The Labute approximate surface area is 199 Å². The summed E-state index contributed by atoms with van der Waals surface area (Å²) >= 11 is 0. The van der Waals surface area contributed by atoms with Crippen molar-refractivity contribution in [2.45, 2.75) is 12.1 Å². The van der Waals surface area contributed by atoms with Crippen LogP contribution in [0.25, 0.3) is 0 Å². The molecule has 2 aromatic rings. The Morgan fingerprint density at radius 1 is 1.06 bits per heavy atom. The molecule has 10 nitrogen and oxygen atoms in total. The first-order valence-electron chi connectivity index (χ1n) is 10.6. The number of urea groups is 1. The molecule has 0 aromatic heterocycles. The molecule has 34 heavy (non-hydrogen) atoms. The van der Waals surface area contributed by atoms with Crippen LogP contribution in [0.3, 0.4) is 0 Å². The first kappa shape index (κ1) is 25.3. The van der Waals surface area contributed by atoms with Crippen LogP contribution in [0, 0.1) is 0 Å². The highest BCUT2D eigenvalue weighted by Crippen LogP contribution is 2.32. The van der Waals surface area contributed by atoms with E-state index in [1.165, 1.54) is 31.0 Å². The lowest BCUT2D eigenvalue weighted by atomic mass is 9.99. The van der Waals surface area contributed by atoms with Crippen molar-refractivity contribution < 1.29 is 27.5 Å². The van der Waals surface area contributed by atoms with Crippen LogP contribution >= 0.6 is 0 Å². The molecular formula is C23H30N4O6S. The second kappa shape index (κ2) is 10.3. The number of rotatable bonds is 10. The molecule has 11 heteroatoms. The van der Waals surface area contributed by atoms with E-state index in [1.807, 2.05) is 24.3 Å². The lowest BCUT2D eigenvalue weighted by molar-refractivity contribution is -0.126. The van der Waals surface area contributed by atoms with Gasteiger partial charge >= 0.3 is 6.03 Å². The van der Waals surface area contributed by atoms with E-state index < -0.39 is 33.4 Å². The molecule has 1 unspecified atom stereocenters. The topological polar surface area (TPSA) is 117 Å². The quantitative estimate of drug-likeness (QED) is 0.516. The van der Waals surface area contributed by atoms with Crippen LogP contribution in [0.15, 0.2) is 48.5 Å². The number of sulfonamides is 1. The summed E-state index contributed by atoms with van der Waals surface area (Å²) in [5, 5.41) is 2.75. The molecule has 0 spiro atoms. The molecule has 3 amide bonds. The van der Waals surface area contributed by atoms with Crippen molar-refractivity contribution in [1.29, 1.82) is 0 Å². The number of hydrogen-bond acceptors (Lipinski definition) is 6. The molecule has 1 aliphatic heterocycles. The Morgan fingerprint density at radius 2 is 1.62 bits per heavy atom. The summed E-state index contributed by atoms with van der Waals surface area (Å²) in [6, 6.07) is 13.8. The minimum absolute atomic E-state index is 0.00381. The number of benzene rings is 2. The third-order valence-corrected chi connectivity index (χ3v) is 6.96. The summed E-state index contributed by atoms with van der Waals surface area (Å²) in [5.41, 5.74) is 0.0818. The van der Waals surface area contributed by atoms with E-state index in [0.717, 1.165) is 5.56 Å². The van der Waals surface area contributed by atoms with Gasteiger partial charge in [-0.05, 0) is 41.8 Å². The fourth-order valence-corrected chi connectivity index (χ4v) is 5.22. The summed E-state index contributed by atoms with van der Waals surface area (Å²) in [5.74, 6) is -0.00192. The second-order valence-corrected chi connectivity index (χ2v) is 9.87. The molecular weight excluding hydrogens is 460 g/mol. The van der Waals surface area contributed by atoms with E-state index in [-0.39, 0.29) is 13.1 Å². The molecule has 0 radical (unpaired) electrons. The fourth-order valence-electron chi connectivity index (χ4n) is 3.75. The SMILES string of the molecule is COc1ccc(CCN2C(=O)NCC2(NS(=O)(=O)CC(=O)N(C)C)c2ccc(OC)cc2)cc1. The van der Waals surface area contributed by atoms with Gasteiger partial charge in [-0.15, -0.1) is 0 Å². The van der Waals surface area contributed by atoms with Crippen LogP contribution in [0.4, 0.5) is 4.79 Å². The van der Waals surface area contributed by atoms with Crippen LogP contribution in [0.2, 0.25) is 0 Å². The number of nitrogens with one attached hydrogen (secondary N) is 2. The maximum atomic E-state index is 13.0. The number of carbonyl (C=O) groups is 2. The number of hydrogen-bond donors (Lipinski definition) is 2. The summed E-state index contributed by atoms with van der Waals surface area (Å²) < 4.78 is 39.1. The van der Waals surface area contributed by atoms with Crippen LogP contribution in [0.1, 0.15) is 11.1 Å². The summed E-state index contributed by atoms with van der Waals surface area (Å²) in [4.78, 5) is 27.7. The average molecular weight is 491 g/mol. The Hall–Kier alpha value is -3.31. The van der Waals surface area contributed by atoms with Gasteiger partial charge in [0.15, 0.2) is 5.66 Å². The van der Waals surface area contributed by atoms with Crippen molar-refractivity contribution in [3.8, 4) is 11.5 Å². The number of nitrogens with zero attached hydrogens (tertiary/aromatic N) is 2. The molecule has 0 aliphatic carbocycles. The normalized spacial score (nSPS) is 17.9. The molecule has 1 heterocycles. The number of carbonyl (C=O) groups excluding carboxylic acids is 2. The monoisotopic (exact) mass is 490 g/mol. The summed E-state index contributed by atoms with van der Waals surface area (Å²) in [6.07, 6.45) is 0.480. The van der Waals surface area contributed by atoms with E-state index in [2.05, 4.69) is 10.0 Å². The van der Waals surface area contributed by atoms with Gasteiger partial charge in [-0.2, -0.15) is 4.72 Å². The van der Waals surface area contributed by atoms with Gasteiger partial charge in [0, 0.05) is 20.6 Å². The highest BCUT2D eigenvalue weighted by Gasteiger charge is 2.49. The lowest BCUT2D eigenvalue weighted by Crippen LogP contribution is -2.58. The van der Waals surface area contributed by atoms with Gasteiger partial charge in [0.05, 0.1) is 20.8 Å². The Morgan fingerprint density at radius 3 is 2.15 bits per heavy atom. The van der Waals surface area contributed by atoms with Gasteiger partial charge < -0.3 is 19.7 Å². The summed E-state index contributed by atoms with van der Waals surface area (Å²) in [6.45, 7) is 0.227. The molecule has 0 saturated carbocycles. The number of amides is 3. The van der Waals surface area contributed by atoms with Gasteiger partial charge in [-0.3, -0.25) is 9.69 Å². The third-order valence-electron chi connectivity index (χ3n) is 5.69. The van der Waals surface area contributed by atoms with Crippen LogP contribution in [-0.2, 0) is 26.9 Å². The first-order valence-corrected chi connectivity index (χ1v) is 12.3. The van der Waals surface area contributed by atoms with E-state index in [1.54, 1.807) is 31.4 Å². The van der Waals surface area contributed by atoms with E-state index in [9.17, 15) is 18.0 Å². The fraction of sp³-hybridized carbons (Fsp3) is 0.391. The van der Waals surface area contributed by atoms with Crippen molar-refractivity contribution >= 4 is 22.0 Å². The average Bonchev–Trinajstić information content (AvgIpc) is 3.12. The molecule has 1 saturated heterocycles. The van der Waals surface area contributed by atoms with Crippen molar-refractivity contribution in [1.82, 2.24) is 19.8 Å². The van der Waals surface area contributed by atoms with Crippen LogP contribution in [0.5, 0.6) is 11.5 Å². The molecule has 1 fully saturated rings. The Kier molecular flexibility index (Phi) is 7.68. The van der Waals surface area contributed by atoms with Crippen molar-refractivity contribution in [3.05, 3.63) is 59.7 Å².